The summed E-state index contributed by atoms with van der Waals surface area (Å²) in [5.41, 5.74) is 2.15. The minimum atomic E-state index is 0.0854. The Balaban J connectivity index is 2.09. The maximum Gasteiger partial charge on any atom is 0.0681 e. The Morgan fingerprint density at radius 1 is 1.29 bits per heavy atom. The monoisotopic (exact) mass is 301 g/mol. The number of allylic oxidation sites excluding steroid dienone is 3. The van der Waals surface area contributed by atoms with Crippen LogP contribution in [0.1, 0.15) is 18.4 Å². The average Bonchev–Trinajstić information content (AvgIpc) is 2.55. The summed E-state index contributed by atoms with van der Waals surface area (Å²) in [6.07, 6.45) is 6.18. The molecule has 0 radical (unpaired) electrons. The molecule has 0 aliphatic carbocycles. The van der Waals surface area contributed by atoms with Crippen LogP contribution in [0, 0.1) is 5.92 Å². The summed E-state index contributed by atoms with van der Waals surface area (Å²) in [7, 11) is 0. The molecule has 1 aliphatic heterocycles. The highest BCUT2D eigenvalue weighted by atomic mass is 32.2. The lowest BCUT2D eigenvalue weighted by Crippen LogP contribution is -2.28. The zero-order chi connectivity index (χ0) is 15.1. The van der Waals surface area contributed by atoms with Crippen molar-refractivity contribution in [2.24, 2.45) is 5.92 Å². The topological polar surface area (TPSA) is 32.3 Å². The molecular formula is C18H23NOS. The molecule has 1 saturated heterocycles. The number of benzene rings is 1. The van der Waals surface area contributed by atoms with Gasteiger partial charge in [-0.05, 0) is 61.2 Å². The third kappa shape index (κ3) is 4.60. The quantitative estimate of drug-likeness (QED) is 0.617. The van der Waals surface area contributed by atoms with E-state index >= 15 is 0 Å². The molecule has 0 amide bonds. The molecule has 0 bridgehead atoms. The number of aliphatic hydroxyl groups excluding tert-OH is 1. The van der Waals surface area contributed by atoms with Gasteiger partial charge in [-0.25, -0.2) is 0 Å². The summed E-state index contributed by atoms with van der Waals surface area (Å²) in [4.78, 5) is 2.35. The van der Waals surface area contributed by atoms with Gasteiger partial charge in [0.25, 0.3) is 0 Å². The molecule has 0 unspecified atom stereocenters. The summed E-state index contributed by atoms with van der Waals surface area (Å²) in [5, 5.41) is 12.5. The van der Waals surface area contributed by atoms with E-state index in [0.717, 1.165) is 36.4 Å². The fraction of sp³-hybridized carbons (Fsp3) is 0.333. The Bertz CT molecular complexity index is 513. The van der Waals surface area contributed by atoms with E-state index < -0.39 is 0 Å². The smallest absolute Gasteiger partial charge is 0.0681 e. The third-order valence-electron chi connectivity index (χ3n) is 3.75. The van der Waals surface area contributed by atoms with E-state index in [4.69, 9.17) is 5.11 Å². The van der Waals surface area contributed by atoms with Crippen molar-refractivity contribution in [1.29, 1.82) is 0 Å². The van der Waals surface area contributed by atoms with E-state index in [0.29, 0.717) is 5.92 Å². The fourth-order valence-electron chi connectivity index (χ4n) is 2.48. The molecule has 1 aliphatic rings. The third-order valence-corrected chi connectivity index (χ3v) is 4.88. The van der Waals surface area contributed by atoms with Crippen LogP contribution in [-0.4, -0.2) is 18.2 Å². The highest BCUT2D eigenvalue weighted by Gasteiger charge is 2.19. The lowest BCUT2D eigenvalue weighted by molar-refractivity contribution is 0.282. The van der Waals surface area contributed by atoms with Crippen molar-refractivity contribution in [3.63, 3.8) is 0 Å². The molecule has 2 N–H and O–H groups in total. The van der Waals surface area contributed by atoms with Crippen molar-refractivity contribution in [1.82, 2.24) is 5.32 Å². The zero-order valence-electron chi connectivity index (χ0n) is 12.3. The Labute approximate surface area is 131 Å². The van der Waals surface area contributed by atoms with Gasteiger partial charge in [0.2, 0.25) is 0 Å². The predicted octanol–water partition coefficient (Wildman–Crippen LogP) is 3.90. The molecule has 0 saturated carbocycles. The maximum atomic E-state index is 9.10. The minimum Gasteiger partial charge on any atom is -0.392 e. The Morgan fingerprint density at radius 3 is 2.52 bits per heavy atom. The molecule has 0 atom stereocenters. The van der Waals surface area contributed by atoms with Gasteiger partial charge < -0.3 is 10.4 Å². The summed E-state index contributed by atoms with van der Waals surface area (Å²) in [5.74, 6) is 0.557. The molecule has 112 valence electrons. The summed E-state index contributed by atoms with van der Waals surface area (Å²) in [6.45, 7) is 10.4. The first-order valence-electron chi connectivity index (χ1n) is 7.35. The van der Waals surface area contributed by atoms with Gasteiger partial charge in [0.1, 0.15) is 0 Å². The minimum absolute atomic E-state index is 0.0854. The highest BCUT2D eigenvalue weighted by molar-refractivity contribution is 8.03. The van der Waals surface area contributed by atoms with Crippen molar-refractivity contribution >= 4 is 11.8 Å². The van der Waals surface area contributed by atoms with E-state index in [9.17, 15) is 0 Å². The second-order valence-electron chi connectivity index (χ2n) is 5.22. The van der Waals surface area contributed by atoms with Gasteiger partial charge in [0.15, 0.2) is 0 Å². The first kappa shape index (κ1) is 16.1. The van der Waals surface area contributed by atoms with Crippen LogP contribution in [-0.2, 0) is 6.61 Å². The van der Waals surface area contributed by atoms with Crippen LogP contribution >= 0.6 is 11.8 Å². The van der Waals surface area contributed by atoms with Crippen LogP contribution in [0.2, 0.25) is 0 Å². The van der Waals surface area contributed by atoms with Crippen LogP contribution in [0.5, 0.6) is 0 Å². The predicted molar refractivity (Wildman–Crippen MR) is 91.2 cm³/mol. The first-order valence-corrected chi connectivity index (χ1v) is 8.16. The van der Waals surface area contributed by atoms with Gasteiger partial charge in [0, 0.05) is 9.80 Å². The molecule has 2 rings (SSSR count). The number of piperidine rings is 1. The number of hydrogen-bond acceptors (Lipinski definition) is 3. The van der Waals surface area contributed by atoms with Gasteiger partial charge in [-0.1, -0.05) is 43.1 Å². The van der Waals surface area contributed by atoms with Crippen molar-refractivity contribution in [3.8, 4) is 0 Å². The van der Waals surface area contributed by atoms with Gasteiger partial charge in [0.05, 0.1) is 6.61 Å². The van der Waals surface area contributed by atoms with Gasteiger partial charge in [-0.15, -0.1) is 0 Å². The number of rotatable bonds is 6. The largest absolute Gasteiger partial charge is 0.392 e. The van der Waals surface area contributed by atoms with Crippen LogP contribution in [0.15, 0.2) is 64.9 Å². The van der Waals surface area contributed by atoms with E-state index in [1.165, 1.54) is 10.5 Å². The lowest BCUT2D eigenvalue weighted by Gasteiger charge is -2.25. The van der Waals surface area contributed by atoms with Crippen LogP contribution in [0.25, 0.3) is 0 Å². The molecule has 2 nitrogen and oxygen atoms in total. The second-order valence-corrected chi connectivity index (χ2v) is 6.34. The fourth-order valence-corrected chi connectivity index (χ4v) is 3.46. The van der Waals surface area contributed by atoms with Gasteiger partial charge in [-0.2, -0.15) is 0 Å². The van der Waals surface area contributed by atoms with Crippen LogP contribution < -0.4 is 5.32 Å². The van der Waals surface area contributed by atoms with Crippen molar-refractivity contribution in [2.45, 2.75) is 24.3 Å². The second kappa shape index (κ2) is 8.23. The lowest BCUT2D eigenvalue weighted by atomic mass is 9.90. The first-order chi connectivity index (χ1) is 10.2. The Kier molecular flexibility index (Phi) is 6.30. The van der Waals surface area contributed by atoms with Gasteiger partial charge >= 0.3 is 0 Å². The van der Waals surface area contributed by atoms with Crippen molar-refractivity contribution in [3.05, 3.63) is 65.6 Å². The summed E-state index contributed by atoms with van der Waals surface area (Å²) in [6, 6.07) is 8.01. The zero-order valence-corrected chi connectivity index (χ0v) is 13.2. The standard InChI is InChI=1S/C18H23NOS/c1-3-4-18(14(2)16-9-11-19-12-10-16)21-17-7-5-15(13-20)6-8-17/h3-8,16,19-20H,1-2,9-13H2/b18-4+. The van der Waals surface area contributed by atoms with Crippen LogP contribution in [0.4, 0.5) is 0 Å². The van der Waals surface area contributed by atoms with Crippen LogP contribution in [0.3, 0.4) is 0 Å². The van der Waals surface area contributed by atoms with Crippen molar-refractivity contribution < 1.29 is 5.11 Å². The maximum absolute atomic E-state index is 9.10. The van der Waals surface area contributed by atoms with E-state index in [-0.39, 0.29) is 6.61 Å². The summed E-state index contributed by atoms with van der Waals surface area (Å²) < 4.78 is 0. The van der Waals surface area contributed by atoms with Gasteiger partial charge in [-0.3, -0.25) is 0 Å². The number of thioether (sulfide) groups is 1. The molecule has 3 heteroatoms. The Hall–Kier alpha value is -1.29. The highest BCUT2D eigenvalue weighted by Crippen LogP contribution is 2.37. The number of nitrogens with one attached hydrogen (secondary N) is 1. The van der Waals surface area contributed by atoms with E-state index in [2.05, 4.69) is 24.6 Å². The molecule has 0 spiro atoms. The molecule has 21 heavy (non-hydrogen) atoms. The molecular weight excluding hydrogens is 278 g/mol. The number of aliphatic hydroxyl groups is 1. The van der Waals surface area contributed by atoms with E-state index in [1.54, 1.807) is 11.8 Å². The molecule has 1 heterocycles. The Morgan fingerprint density at radius 2 is 1.95 bits per heavy atom. The number of hydrogen-bond donors (Lipinski definition) is 2. The summed E-state index contributed by atoms with van der Waals surface area (Å²) >= 11 is 1.72. The molecule has 0 aromatic heterocycles. The molecule has 1 aromatic carbocycles. The SMILES string of the molecule is C=C/C=C(/Sc1ccc(CO)cc1)C(=C)C1CCNCC1. The van der Waals surface area contributed by atoms with Crippen molar-refractivity contribution in [2.75, 3.05) is 13.1 Å². The molecule has 1 aromatic rings. The average molecular weight is 301 g/mol. The molecule has 1 fully saturated rings. The normalized spacial score (nSPS) is 16.7. The van der Waals surface area contributed by atoms with E-state index in [1.807, 2.05) is 30.3 Å².